The highest BCUT2D eigenvalue weighted by molar-refractivity contribution is 5.44. The monoisotopic (exact) mass is 420 g/mol. The minimum atomic E-state index is 0.0172. The summed E-state index contributed by atoms with van der Waals surface area (Å²) in [6.07, 6.45) is 0. The van der Waals surface area contributed by atoms with Crippen LogP contribution < -0.4 is 9.47 Å². The van der Waals surface area contributed by atoms with E-state index < -0.39 is 0 Å². The van der Waals surface area contributed by atoms with Crippen molar-refractivity contribution in [2.75, 3.05) is 39.5 Å². The molecule has 0 radical (unpaired) electrons. The van der Waals surface area contributed by atoms with Crippen molar-refractivity contribution in [1.82, 2.24) is 30.0 Å². The lowest BCUT2D eigenvalue weighted by Gasteiger charge is -2.38. The van der Waals surface area contributed by atoms with Crippen molar-refractivity contribution in [2.45, 2.75) is 26.4 Å². The maximum absolute atomic E-state index is 5.54. The Morgan fingerprint density at radius 2 is 1.74 bits per heavy atom. The normalized spacial score (nSPS) is 17.7. The second-order valence-electron chi connectivity index (χ2n) is 8.17. The van der Waals surface area contributed by atoms with Crippen LogP contribution in [-0.2, 0) is 6.54 Å². The zero-order valence-electron chi connectivity index (χ0n) is 18.1. The predicted molar refractivity (Wildman–Crippen MR) is 116 cm³/mol. The summed E-state index contributed by atoms with van der Waals surface area (Å²) in [5.74, 6) is 2.43. The average molecular weight is 421 g/mol. The van der Waals surface area contributed by atoms with Crippen LogP contribution in [0.3, 0.4) is 0 Å². The molecule has 0 bridgehead atoms. The Hall–Kier alpha value is -2.97. The van der Waals surface area contributed by atoms with Gasteiger partial charge in [-0.25, -0.2) is 4.68 Å². The minimum absolute atomic E-state index is 0.0172. The largest absolute Gasteiger partial charge is 0.454 e. The fourth-order valence-electron chi connectivity index (χ4n) is 4.34. The molecule has 0 saturated carbocycles. The molecule has 5 rings (SSSR count). The van der Waals surface area contributed by atoms with Crippen LogP contribution in [0.1, 0.15) is 35.5 Å². The van der Waals surface area contributed by atoms with Crippen LogP contribution in [0.4, 0.5) is 0 Å². The number of ether oxygens (including phenoxy) is 2. The van der Waals surface area contributed by atoms with E-state index in [9.17, 15) is 0 Å². The molecule has 8 heteroatoms. The van der Waals surface area contributed by atoms with E-state index in [1.807, 2.05) is 22.9 Å². The third-order valence-corrected chi connectivity index (χ3v) is 6.19. The molecule has 0 aliphatic carbocycles. The summed E-state index contributed by atoms with van der Waals surface area (Å²) in [6.45, 7) is 10.4. The Kier molecular flexibility index (Phi) is 5.57. The van der Waals surface area contributed by atoms with Gasteiger partial charge in [-0.1, -0.05) is 42.8 Å². The molecule has 1 unspecified atom stereocenters. The Bertz CT molecular complexity index is 1030. The average Bonchev–Trinajstić information content (AvgIpc) is 3.45. The van der Waals surface area contributed by atoms with E-state index in [2.05, 4.69) is 63.4 Å². The summed E-state index contributed by atoms with van der Waals surface area (Å²) in [4.78, 5) is 4.98. The lowest BCUT2D eigenvalue weighted by molar-refractivity contribution is 0.108. The second kappa shape index (κ2) is 8.64. The van der Waals surface area contributed by atoms with Gasteiger partial charge >= 0.3 is 0 Å². The number of hydrogen-bond donors (Lipinski definition) is 0. The van der Waals surface area contributed by atoms with Crippen molar-refractivity contribution in [3.63, 3.8) is 0 Å². The summed E-state index contributed by atoms with van der Waals surface area (Å²) in [7, 11) is 0. The van der Waals surface area contributed by atoms with Gasteiger partial charge in [0.25, 0.3) is 0 Å². The number of benzene rings is 2. The summed E-state index contributed by atoms with van der Waals surface area (Å²) in [5, 5.41) is 12.9. The summed E-state index contributed by atoms with van der Waals surface area (Å²) in [6, 6.07) is 14.7. The zero-order chi connectivity index (χ0) is 21.2. The molecule has 8 nitrogen and oxygen atoms in total. The van der Waals surface area contributed by atoms with Crippen LogP contribution >= 0.6 is 0 Å². The third-order valence-electron chi connectivity index (χ3n) is 6.19. The van der Waals surface area contributed by atoms with Gasteiger partial charge in [0, 0.05) is 26.2 Å². The van der Waals surface area contributed by atoms with Gasteiger partial charge in [-0.2, -0.15) is 0 Å². The Morgan fingerprint density at radius 1 is 0.968 bits per heavy atom. The van der Waals surface area contributed by atoms with E-state index in [-0.39, 0.29) is 12.8 Å². The molecule has 1 atom stereocenters. The molecule has 0 N–H and O–H groups in total. The van der Waals surface area contributed by atoms with Crippen LogP contribution in [0.15, 0.2) is 42.5 Å². The van der Waals surface area contributed by atoms with E-state index in [1.54, 1.807) is 0 Å². The number of aryl methyl sites for hydroxylation is 1. The van der Waals surface area contributed by atoms with Gasteiger partial charge in [0.15, 0.2) is 17.3 Å². The Morgan fingerprint density at radius 3 is 2.52 bits per heavy atom. The molecule has 162 valence electrons. The molecular weight excluding hydrogens is 392 g/mol. The first-order chi connectivity index (χ1) is 15.2. The number of piperazine rings is 1. The van der Waals surface area contributed by atoms with Crippen LogP contribution in [0, 0.1) is 6.92 Å². The number of likely N-dealkylation sites (N-methyl/N-ethyl adjacent to an activating group) is 1. The summed E-state index contributed by atoms with van der Waals surface area (Å²) >= 11 is 0. The highest BCUT2D eigenvalue weighted by Crippen LogP contribution is 2.33. The van der Waals surface area contributed by atoms with Crippen molar-refractivity contribution in [2.24, 2.45) is 0 Å². The molecule has 1 saturated heterocycles. The van der Waals surface area contributed by atoms with Gasteiger partial charge in [-0.3, -0.25) is 4.90 Å². The van der Waals surface area contributed by atoms with Gasteiger partial charge in [0.05, 0.1) is 12.6 Å². The van der Waals surface area contributed by atoms with Crippen LogP contribution in [-0.4, -0.2) is 69.5 Å². The molecule has 2 aliphatic rings. The molecule has 31 heavy (non-hydrogen) atoms. The highest BCUT2D eigenvalue weighted by atomic mass is 16.7. The number of tetrazole rings is 1. The smallest absolute Gasteiger partial charge is 0.231 e. The maximum Gasteiger partial charge on any atom is 0.231 e. The predicted octanol–water partition coefficient (Wildman–Crippen LogP) is 2.49. The van der Waals surface area contributed by atoms with E-state index >= 15 is 0 Å². The molecule has 1 fully saturated rings. The number of nitrogens with zero attached hydrogens (tertiary/aromatic N) is 6. The highest BCUT2D eigenvalue weighted by Gasteiger charge is 2.30. The first-order valence-electron chi connectivity index (χ1n) is 10.9. The molecule has 0 spiro atoms. The quantitative estimate of drug-likeness (QED) is 0.607. The fourth-order valence-corrected chi connectivity index (χ4v) is 4.34. The minimum Gasteiger partial charge on any atom is -0.454 e. The Labute approximate surface area is 182 Å². The maximum atomic E-state index is 5.54. The third kappa shape index (κ3) is 4.13. The first-order valence-corrected chi connectivity index (χ1v) is 10.9. The lowest BCUT2D eigenvalue weighted by Crippen LogP contribution is -2.48. The van der Waals surface area contributed by atoms with E-state index in [1.165, 1.54) is 11.1 Å². The molecule has 2 aromatic carbocycles. The summed E-state index contributed by atoms with van der Waals surface area (Å²) < 4.78 is 12.9. The number of aromatic nitrogens is 4. The van der Waals surface area contributed by atoms with Gasteiger partial charge < -0.3 is 14.4 Å². The SMILES string of the molecule is CCN1CCN(C(c2ccc(C)cc2)c2nnnn2Cc2ccc3c(c2)OCO3)CC1. The van der Waals surface area contributed by atoms with Crippen molar-refractivity contribution in [1.29, 1.82) is 0 Å². The summed E-state index contributed by atoms with van der Waals surface area (Å²) in [5.41, 5.74) is 3.55. The van der Waals surface area contributed by atoms with Gasteiger partial charge in [-0.05, 0) is 47.2 Å². The molecule has 3 aromatic rings. The zero-order valence-corrected chi connectivity index (χ0v) is 18.1. The number of hydrogen-bond acceptors (Lipinski definition) is 7. The topological polar surface area (TPSA) is 68.5 Å². The van der Waals surface area contributed by atoms with E-state index in [0.29, 0.717) is 6.54 Å². The Balaban J connectivity index is 1.46. The standard InChI is InChI=1S/C23H28N6O2/c1-3-27-10-12-28(13-11-27)22(19-7-4-17(2)5-8-19)23-24-25-26-29(23)15-18-6-9-20-21(14-18)31-16-30-20/h4-9,14,22H,3,10-13,15-16H2,1-2H3. The second-order valence-corrected chi connectivity index (χ2v) is 8.17. The molecule has 1 aromatic heterocycles. The lowest BCUT2D eigenvalue weighted by atomic mass is 10.0. The van der Waals surface area contributed by atoms with Gasteiger partial charge in [0.1, 0.15) is 0 Å². The molecular formula is C23H28N6O2. The van der Waals surface area contributed by atoms with Crippen LogP contribution in [0.25, 0.3) is 0 Å². The van der Waals surface area contributed by atoms with Crippen molar-refractivity contribution < 1.29 is 9.47 Å². The van der Waals surface area contributed by atoms with E-state index in [0.717, 1.165) is 55.6 Å². The van der Waals surface area contributed by atoms with Crippen LogP contribution in [0.2, 0.25) is 0 Å². The van der Waals surface area contributed by atoms with E-state index in [4.69, 9.17) is 9.47 Å². The first kappa shape index (κ1) is 20.0. The molecule has 2 aliphatic heterocycles. The van der Waals surface area contributed by atoms with Crippen molar-refractivity contribution in [3.8, 4) is 11.5 Å². The van der Waals surface area contributed by atoms with Gasteiger partial charge in [-0.15, -0.1) is 5.10 Å². The number of fused-ring (bicyclic) bond motifs is 1. The van der Waals surface area contributed by atoms with Gasteiger partial charge in [0.2, 0.25) is 6.79 Å². The molecule has 3 heterocycles. The fraction of sp³-hybridized carbons (Fsp3) is 0.435. The van der Waals surface area contributed by atoms with Crippen molar-refractivity contribution in [3.05, 3.63) is 65.0 Å². The van der Waals surface area contributed by atoms with Crippen LogP contribution in [0.5, 0.6) is 11.5 Å². The van der Waals surface area contributed by atoms with Crippen molar-refractivity contribution >= 4 is 0 Å². The number of rotatable bonds is 6. The molecule has 0 amide bonds.